The fraction of sp³-hybridized carbons (Fsp3) is 0.400. The second-order valence-corrected chi connectivity index (χ2v) is 4.96. The van der Waals surface area contributed by atoms with E-state index in [1.807, 2.05) is 26.1 Å². The van der Waals surface area contributed by atoms with E-state index in [1.165, 1.54) is 0 Å². The minimum Gasteiger partial charge on any atom is -0.452 e. The van der Waals surface area contributed by atoms with Gasteiger partial charge in [0.15, 0.2) is 5.75 Å². The summed E-state index contributed by atoms with van der Waals surface area (Å²) >= 11 is 0. The highest BCUT2D eigenvalue weighted by molar-refractivity contribution is 5.32. The zero-order valence-corrected chi connectivity index (χ0v) is 12.3. The van der Waals surface area contributed by atoms with Gasteiger partial charge < -0.3 is 10.1 Å². The Bertz CT molecular complexity index is 567. The van der Waals surface area contributed by atoms with Gasteiger partial charge in [-0.25, -0.2) is 9.97 Å². The van der Waals surface area contributed by atoms with Gasteiger partial charge in [0.05, 0.1) is 12.4 Å². The molecule has 5 nitrogen and oxygen atoms in total. The van der Waals surface area contributed by atoms with Crippen molar-refractivity contribution in [2.24, 2.45) is 0 Å². The molecular formula is C15H20N4O. The molecule has 0 aliphatic heterocycles. The van der Waals surface area contributed by atoms with E-state index in [9.17, 15) is 0 Å². The number of aryl methyl sites for hydroxylation is 1. The first-order valence-electron chi connectivity index (χ1n) is 6.71. The predicted molar refractivity (Wildman–Crippen MR) is 77.9 cm³/mol. The average molecular weight is 272 g/mol. The van der Waals surface area contributed by atoms with E-state index in [1.54, 1.807) is 12.4 Å². The highest BCUT2D eigenvalue weighted by Crippen LogP contribution is 2.24. The molecular weight excluding hydrogens is 252 g/mol. The van der Waals surface area contributed by atoms with Gasteiger partial charge in [0.25, 0.3) is 0 Å². The van der Waals surface area contributed by atoms with Crippen LogP contribution in [0.3, 0.4) is 0 Å². The normalized spacial score (nSPS) is 10.8. The molecule has 1 N–H and O–H groups in total. The molecule has 0 spiro atoms. The molecule has 0 radical (unpaired) electrons. The number of nitrogens with one attached hydrogen (secondary N) is 1. The molecule has 0 aliphatic carbocycles. The van der Waals surface area contributed by atoms with Gasteiger partial charge in [0.1, 0.15) is 17.3 Å². The van der Waals surface area contributed by atoms with Crippen molar-refractivity contribution in [3.63, 3.8) is 0 Å². The van der Waals surface area contributed by atoms with Crippen LogP contribution in [0.2, 0.25) is 0 Å². The third-order valence-electron chi connectivity index (χ3n) is 2.82. The molecule has 0 aliphatic rings. The van der Waals surface area contributed by atoms with Crippen LogP contribution in [0.5, 0.6) is 11.5 Å². The first-order chi connectivity index (χ1) is 9.60. The van der Waals surface area contributed by atoms with E-state index in [0.29, 0.717) is 24.0 Å². The standard InChI is InChI=1S/C15H20N4O/c1-10(2)15-18-9-14(13(19-15)8-16-4)20-12-6-5-11(3)17-7-12/h5-7,9-10,16H,8H2,1-4H3. The second kappa shape index (κ2) is 6.43. The highest BCUT2D eigenvalue weighted by Gasteiger charge is 2.11. The summed E-state index contributed by atoms with van der Waals surface area (Å²) in [5.41, 5.74) is 1.81. The number of aromatic nitrogens is 3. The maximum Gasteiger partial charge on any atom is 0.168 e. The van der Waals surface area contributed by atoms with Crippen LogP contribution in [0, 0.1) is 6.92 Å². The van der Waals surface area contributed by atoms with Gasteiger partial charge in [-0.15, -0.1) is 0 Å². The highest BCUT2D eigenvalue weighted by atomic mass is 16.5. The van der Waals surface area contributed by atoms with Crippen molar-refractivity contribution in [1.82, 2.24) is 20.3 Å². The molecule has 0 atom stereocenters. The van der Waals surface area contributed by atoms with E-state index in [0.717, 1.165) is 17.2 Å². The molecule has 2 rings (SSSR count). The lowest BCUT2D eigenvalue weighted by Gasteiger charge is -2.12. The van der Waals surface area contributed by atoms with Crippen LogP contribution < -0.4 is 10.1 Å². The molecule has 0 bridgehead atoms. The van der Waals surface area contributed by atoms with Gasteiger partial charge in [-0.3, -0.25) is 4.98 Å². The lowest BCUT2D eigenvalue weighted by atomic mass is 10.2. The third kappa shape index (κ3) is 3.51. The molecule has 0 fully saturated rings. The lowest BCUT2D eigenvalue weighted by molar-refractivity contribution is 0.462. The Morgan fingerprint density at radius 3 is 2.60 bits per heavy atom. The fourth-order valence-corrected chi connectivity index (χ4v) is 1.72. The number of hydrogen-bond donors (Lipinski definition) is 1. The summed E-state index contributed by atoms with van der Waals surface area (Å²) in [5, 5.41) is 3.10. The van der Waals surface area contributed by atoms with Crippen LogP contribution in [0.4, 0.5) is 0 Å². The summed E-state index contributed by atoms with van der Waals surface area (Å²) in [6.45, 7) is 6.72. The average Bonchev–Trinajstić information content (AvgIpc) is 2.43. The van der Waals surface area contributed by atoms with Crippen molar-refractivity contribution in [3.05, 3.63) is 41.7 Å². The van der Waals surface area contributed by atoms with E-state index in [-0.39, 0.29) is 0 Å². The lowest BCUT2D eigenvalue weighted by Crippen LogP contribution is -2.11. The Labute approximate surface area is 119 Å². The van der Waals surface area contributed by atoms with Crippen molar-refractivity contribution in [2.75, 3.05) is 7.05 Å². The number of ether oxygens (including phenoxy) is 1. The molecule has 2 heterocycles. The Morgan fingerprint density at radius 1 is 1.20 bits per heavy atom. The summed E-state index contributed by atoms with van der Waals surface area (Å²) in [5.74, 6) is 2.47. The maximum atomic E-state index is 5.82. The second-order valence-electron chi connectivity index (χ2n) is 4.96. The van der Waals surface area contributed by atoms with Crippen LogP contribution in [-0.2, 0) is 6.54 Å². The third-order valence-corrected chi connectivity index (χ3v) is 2.82. The zero-order chi connectivity index (χ0) is 14.5. The van der Waals surface area contributed by atoms with E-state index < -0.39 is 0 Å². The zero-order valence-electron chi connectivity index (χ0n) is 12.3. The number of pyridine rings is 1. The first kappa shape index (κ1) is 14.4. The Balaban J connectivity index is 2.27. The summed E-state index contributed by atoms with van der Waals surface area (Å²) in [4.78, 5) is 13.1. The largest absolute Gasteiger partial charge is 0.452 e. The van der Waals surface area contributed by atoms with E-state index >= 15 is 0 Å². The van der Waals surface area contributed by atoms with Crippen molar-refractivity contribution in [1.29, 1.82) is 0 Å². The molecule has 106 valence electrons. The molecule has 0 saturated carbocycles. The van der Waals surface area contributed by atoms with Crippen LogP contribution in [0.25, 0.3) is 0 Å². The van der Waals surface area contributed by atoms with Gasteiger partial charge in [0, 0.05) is 18.2 Å². The molecule has 20 heavy (non-hydrogen) atoms. The van der Waals surface area contributed by atoms with Crippen molar-refractivity contribution in [3.8, 4) is 11.5 Å². The van der Waals surface area contributed by atoms with Gasteiger partial charge in [-0.1, -0.05) is 13.8 Å². The summed E-state index contributed by atoms with van der Waals surface area (Å²) in [6, 6.07) is 3.80. The SMILES string of the molecule is CNCc1nc(C(C)C)ncc1Oc1ccc(C)nc1. The Kier molecular flexibility index (Phi) is 4.63. The molecule has 2 aromatic rings. The smallest absolute Gasteiger partial charge is 0.168 e. The first-order valence-corrected chi connectivity index (χ1v) is 6.71. The quantitative estimate of drug-likeness (QED) is 0.907. The molecule has 0 aromatic carbocycles. The molecule has 0 amide bonds. The van der Waals surface area contributed by atoms with Crippen molar-refractivity contribution in [2.45, 2.75) is 33.2 Å². The molecule has 0 saturated heterocycles. The van der Waals surface area contributed by atoms with Crippen LogP contribution >= 0.6 is 0 Å². The van der Waals surface area contributed by atoms with Crippen LogP contribution in [0.15, 0.2) is 24.5 Å². The molecule has 0 unspecified atom stereocenters. The van der Waals surface area contributed by atoms with Crippen molar-refractivity contribution < 1.29 is 4.74 Å². The van der Waals surface area contributed by atoms with Gasteiger partial charge in [0.2, 0.25) is 0 Å². The maximum absolute atomic E-state index is 5.82. The van der Waals surface area contributed by atoms with Crippen molar-refractivity contribution >= 4 is 0 Å². The Hall–Kier alpha value is -2.01. The summed E-state index contributed by atoms with van der Waals surface area (Å²) in [6.07, 6.45) is 3.43. The number of hydrogen-bond acceptors (Lipinski definition) is 5. The van der Waals surface area contributed by atoms with Crippen LogP contribution in [-0.4, -0.2) is 22.0 Å². The minimum atomic E-state index is 0.292. The molecule has 2 aromatic heterocycles. The van der Waals surface area contributed by atoms with Gasteiger partial charge >= 0.3 is 0 Å². The number of rotatable bonds is 5. The van der Waals surface area contributed by atoms with E-state index in [4.69, 9.17) is 4.74 Å². The van der Waals surface area contributed by atoms with Gasteiger partial charge in [-0.05, 0) is 26.1 Å². The van der Waals surface area contributed by atoms with Crippen LogP contribution in [0.1, 0.15) is 37.0 Å². The topological polar surface area (TPSA) is 59.9 Å². The summed E-state index contributed by atoms with van der Waals surface area (Å²) < 4.78 is 5.82. The number of nitrogens with zero attached hydrogens (tertiary/aromatic N) is 3. The predicted octanol–water partition coefficient (Wildman–Crippen LogP) is 2.82. The van der Waals surface area contributed by atoms with Gasteiger partial charge in [-0.2, -0.15) is 0 Å². The fourth-order valence-electron chi connectivity index (χ4n) is 1.72. The van der Waals surface area contributed by atoms with E-state index in [2.05, 4.69) is 34.1 Å². The monoisotopic (exact) mass is 272 g/mol. The summed E-state index contributed by atoms with van der Waals surface area (Å²) in [7, 11) is 1.88. The minimum absolute atomic E-state index is 0.292. The Morgan fingerprint density at radius 2 is 2.00 bits per heavy atom. The molecule has 5 heteroatoms.